The lowest BCUT2D eigenvalue weighted by atomic mass is 9.97. The molecule has 0 radical (unpaired) electrons. The SMILES string of the molecule is CO[C@@H]1[C@@H](NC(C)=O)[C@@H](O)O[C@H](CO[Si](C)(C)C)[C@H]1O[Si](C)(C)C. The second-order valence-electron chi connectivity index (χ2n) is 8.11. The molecule has 0 aromatic heterocycles. The predicted molar refractivity (Wildman–Crippen MR) is 96.8 cm³/mol. The van der Waals surface area contributed by atoms with Crippen LogP contribution in [0.25, 0.3) is 0 Å². The zero-order chi connectivity index (χ0) is 18.7. The van der Waals surface area contributed by atoms with Crippen LogP contribution in [-0.4, -0.2) is 72.0 Å². The van der Waals surface area contributed by atoms with E-state index in [1.165, 1.54) is 6.92 Å². The summed E-state index contributed by atoms with van der Waals surface area (Å²) < 4.78 is 23.6. The molecule has 7 nitrogen and oxygen atoms in total. The molecule has 1 rings (SSSR count). The Morgan fingerprint density at radius 3 is 2.12 bits per heavy atom. The van der Waals surface area contributed by atoms with E-state index in [1.54, 1.807) is 7.11 Å². The quantitative estimate of drug-likeness (QED) is 0.649. The predicted octanol–water partition coefficient (Wildman–Crippen LogP) is 1.29. The van der Waals surface area contributed by atoms with Crippen molar-refractivity contribution in [3.05, 3.63) is 0 Å². The second-order valence-corrected chi connectivity index (χ2v) is 17.1. The lowest BCUT2D eigenvalue weighted by molar-refractivity contribution is -0.253. The van der Waals surface area contributed by atoms with Crippen molar-refractivity contribution in [2.75, 3.05) is 13.7 Å². The Morgan fingerprint density at radius 2 is 1.71 bits per heavy atom. The van der Waals surface area contributed by atoms with E-state index in [0.717, 1.165) is 0 Å². The first kappa shape index (κ1) is 21.7. The second kappa shape index (κ2) is 8.39. The average molecular weight is 380 g/mol. The maximum atomic E-state index is 11.5. The van der Waals surface area contributed by atoms with Crippen LogP contribution in [0.15, 0.2) is 0 Å². The number of nitrogens with one attached hydrogen (secondary N) is 1. The van der Waals surface area contributed by atoms with Crippen molar-refractivity contribution in [3.63, 3.8) is 0 Å². The van der Waals surface area contributed by atoms with E-state index in [9.17, 15) is 9.90 Å². The summed E-state index contributed by atoms with van der Waals surface area (Å²) in [6.45, 7) is 14.2. The minimum Gasteiger partial charge on any atom is -0.415 e. The van der Waals surface area contributed by atoms with Gasteiger partial charge < -0.3 is 28.7 Å². The summed E-state index contributed by atoms with van der Waals surface area (Å²) in [6, 6.07) is -0.683. The monoisotopic (exact) mass is 379 g/mol. The van der Waals surface area contributed by atoms with Crippen molar-refractivity contribution in [3.8, 4) is 0 Å². The molecule has 0 spiro atoms. The zero-order valence-electron chi connectivity index (χ0n) is 16.1. The first-order valence-electron chi connectivity index (χ1n) is 8.29. The number of carbonyl (C=O) groups excluding carboxylic acids is 1. The normalized spacial score (nSPS) is 31.8. The fourth-order valence-electron chi connectivity index (χ4n) is 2.61. The molecule has 0 bridgehead atoms. The van der Waals surface area contributed by atoms with Gasteiger partial charge >= 0.3 is 0 Å². The highest BCUT2D eigenvalue weighted by molar-refractivity contribution is 6.70. The van der Waals surface area contributed by atoms with Gasteiger partial charge in [0, 0.05) is 14.0 Å². The number of hydrogen-bond acceptors (Lipinski definition) is 6. The Hall–Kier alpha value is -0.296. The summed E-state index contributed by atoms with van der Waals surface area (Å²) in [5, 5.41) is 13.0. The van der Waals surface area contributed by atoms with Crippen LogP contribution in [0.4, 0.5) is 0 Å². The molecule has 0 unspecified atom stereocenters. The highest BCUT2D eigenvalue weighted by Crippen LogP contribution is 2.28. The van der Waals surface area contributed by atoms with Gasteiger partial charge in [0.25, 0.3) is 0 Å². The van der Waals surface area contributed by atoms with E-state index in [0.29, 0.717) is 6.61 Å². The van der Waals surface area contributed by atoms with Gasteiger partial charge in [0.2, 0.25) is 5.91 Å². The number of methoxy groups -OCH3 is 1. The molecule has 142 valence electrons. The van der Waals surface area contributed by atoms with Gasteiger partial charge in [-0.25, -0.2) is 0 Å². The Balaban J connectivity index is 3.02. The van der Waals surface area contributed by atoms with Gasteiger partial charge in [0.15, 0.2) is 22.9 Å². The van der Waals surface area contributed by atoms with Crippen LogP contribution in [0.5, 0.6) is 0 Å². The Morgan fingerprint density at radius 1 is 1.12 bits per heavy atom. The molecule has 0 saturated carbocycles. The van der Waals surface area contributed by atoms with Gasteiger partial charge in [-0.1, -0.05) is 0 Å². The maximum absolute atomic E-state index is 11.5. The molecule has 1 fully saturated rings. The first-order valence-corrected chi connectivity index (χ1v) is 15.1. The highest BCUT2D eigenvalue weighted by atomic mass is 28.4. The van der Waals surface area contributed by atoms with Crippen LogP contribution in [0.1, 0.15) is 6.92 Å². The fourth-order valence-corrected chi connectivity index (χ4v) is 4.37. The Labute approximate surface area is 147 Å². The van der Waals surface area contributed by atoms with Crippen LogP contribution in [0.2, 0.25) is 39.3 Å². The van der Waals surface area contributed by atoms with E-state index in [1.807, 2.05) is 0 Å². The number of rotatable bonds is 7. The molecular weight excluding hydrogens is 346 g/mol. The maximum Gasteiger partial charge on any atom is 0.217 e. The number of aliphatic hydroxyl groups excluding tert-OH is 1. The van der Waals surface area contributed by atoms with Crippen molar-refractivity contribution in [2.24, 2.45) is 0 Å². The standard InChI is InChI=1S/C15H33NO6Si2/c1-10(17)16-12-14(19-2)13(22-24(6,7)8)11(21-15(12)18)9-20-23(3,4)5/h11-15,18H,9H2,1-8H3,(H,16,17)/t11-,12-,13-,14-,15+/m1/s1. The van der Waals surface area contributed by atoms with Gasteiger partial charge in [-0.05, 0) is 39.3 Å². The van der Waals surface area contributed by atoms with Crippen molar-refractivity contribution in [2.45, 2.75) is 76.8 Å². The molecule has 1 saturated heterocycles. The summed E-state index contributed by atoms with van der Waals surface area (Å²) in [7, 11) is -2.10. The molecule has 2 N–H and O–H groups in total. The summed E-state index contributed by atoms with van der Waals surface area (Å²) in [6.07, 6.45) is -2.55. The van der Waals surface area contributed by atoms with E-state index >= 15 is 0 Å². The van der Waals surface area contributed by atoms with Crippen LogP contribution in [0.3, 0.4) is 0 Å². The lowest BCUT2D eigenvalue weighted by Crippen LogP contribution is -2.66. The molecule has 0 aromatic rings. The summed E-state index contributed by atoms with van der Waals surface area (Å²) >= 11 is 0. The molecular formula is C15H33NO6Si2. The van der Waals surface area contributed by atoms with Crippen LogP contribution < -0.4 is 5.32 Å². The topological polar surface area (TPSA) is 86.3 Å². The molecule has 0 aromatic carbocycles. The number of carbonyl (C=O) groups is 1. The minimum atomic E-state index is -1.91. The number of hydrogen-bond donors (Lipinski definition) is 2. The summed E-state index contributed by atoms with van der Waals surface area (Å²) in [5.74, 6) is -0.256. The fraction of sp³-hybridized carbons (Fsp3) is 0.933. The van der Waals surface area contributed by atoms with Gasteiger partial charge in [0.05, 0.1) is 6.61 Å². The highest BCUT2D eigenvalue weighted by Gasteiger charge is 2.48. The number of aliphatic hydroxyl groups is 1. The third-order valence-corrected chi connectivity index (χ3v) is 5.49. The van der Waals surface area contributed by atoms with Gasteiger partial charge in [-0.2, -0.15) is 0 Å². The third-order valence-electron chi connectivity index (χ3n) is 3.48. The third kappa shape index (κ3) is 6.91. The molecule has 5 atom stereocenters. The molecule has 1 aliphatic heterocycles. The largest absolute Gasteiger partial charge is 0.415 e. The lowest BCUT2D eigenvalue weighted by Gasteiger charge is -2.46. The molecule has 1 heterocycles. The first-order chi connectivity index (χ1) is 10.8. The molecule has 0 aliphatic carbocycles. The van der Waals surface area contributed by atoms with E-state index in [4.69, 9.17) is 18.3 Å². The van der Waals surface area contributed by atoms with Gasteiger partial charge in [-0.15, -0.1) is 0 Å². The van der Waals surface area contributed by atoms with Gasteiger partial charge in [0.1, 0.15) is 24.4 Å². The Kier molecular flexibility index (Phi) is 7.60. The Bertz CT molecular complexity index is 423. The van der Waals surface area contributed by atoms with Crippen molar-refractivity contribution in [1.29, 1.82) is 0 Å². The van der Waals surface area contributed by atoms with Crippen molar-refractivity contribution in [1.82, 2.24) is 5.32 Å². The summed E-state index contributed by atoms with van der Waals surface area (Å²) in [4.78, 5) is 11.5. The van der Waals surface area contributed by atoms with Crippen molar-refractivity contribution < 1.29 is 28.2 Å². The van der Waals surface area contributed by atoms with Gasteiger partial charge in [-0.3, -0.25) is 4.79 Å². The molecule has 1 amide bonds. The number of amides is 1. The molecule has 24 heavy (non-hydrogen) atoms. The molecule has 9 heteroatoms. The van der Waals surface area contributed by atoms with E-state index in [-0.39, 0.29) is 5.91 Å². The minimum absolute atomic E-state index is 0.256. The van der Waals surface area contributed by atoms with Crippen LogP contribution in [-0.2, 0) is 23.1 Å². The smallest absolute Gasteiger partial charge is 0.217 e. The van der Waals surface area contributed by atoms with E-state index in [2.05, 4.69) is 44.6 Å². The average Bonchev–Trinajstić information content (AvgIpc) is 2.38. The van der Waals surface area contributed by atoms with Crippen molar-refractivity contribution >= 4 is 22.5 Å². The van der Waals surface area contributed by atoms with Crippen LogP contribution in [0, 0.1) is 0 Å². The molecule has 1 aliphatic rings. The number of ether oxygens (including phenoxy) is 2. The summed E-state index contributed by atoms with van der Waals surface area (Å²) in [5.41, 5.74) is 0. The zero-order valence-corrected chi connectivity index (χ0v) is 18.1. The van der Waals surface area contributed by atoms with Crippen LogP contribution >= 0.6 is 0 Å². The van der Waals surface area contributed by atoms with E-state index < -0.39 is 47.3 Å².